The summed E-state index contributed by atoms with van der Waals surface area (Å²) in [5.74, 6) is 1.78. The zero-order valence-electron chi connectivity index (χ0n) is 10.2. The van der Waals surface area contributed by atoms with Crippen molar-refractivity contribution in [2.75, 3.05) is 26.7 Å². The third-order valence-corrected chi connectivity index (χ3v) is 3.02. The van der Waals surface area contributed by atoms with Crippen LogP contribution in [-0.2, 0) is 0 Å². The van der Waals surface area contributed by atoms with Crippen molar-refractivity contribution in [3.8, 4) is 0 Å². The van der Waals surface area contributed by atoms with Gasteiger partial charge in [0.2, 0.25) is 0 Å². The molecule has 0 spiro atoms. The molecule has 1 aliphatic carbocycles. The van der Waals surface area contributed by atoms with Crippen LogP contribution in [0.3, 0.4) is 0 Å². The monoisotopic (exact) mass is 198 g/mol. The minimum atomic E-state index is 0.704. The first kappa shape index (κ1) is 12.0. The second-order valence-corrected chi connectivity index (χ2v) is 5.15. The van der Waals surface area contributed by atoms with E-state index in [0.29, 0.717) is 6.04 Å². The van der Waals surface area contributed by atoms with Gasteiger partial charge >= 0.3 is 0 Å². The van der Waals surface area contributed by atoms with Gasteiger partial charge in [0, 0.05) is 19.1 Å². The highest BCUT2D eigenvalue weighted by Gasteiger charge is 2.25. The van der Waals surface area contributed by atoms with Gasteiger partial charge in [-0.1, -0.05) is 6.92 Å². The predicted molar refractivity (Wildman–Crippen MR) is 62.5 cm³/mol. The van der Waals surface area contributed by atoms with Crippen molar-refractivity contribution in [1.82, 2.24) is 10.2 Å². The van der Waals surface area contributed by atoms with Gasteiger partial charge in [0.15, 0.2) is 0 Å². The Morgan fingerprint density at radius 2 is 1.93 bits per heavy atom. The molecule has 1 aliphatic rings. The van der Waals surface area contributed by atoms with E-state index in [1.165, 1.54) is 25.9 Å². The maximum Gasteiger partial charge on any atom is 0.00388 e. The van der Waals surface area contributed by atoms with Crippen LogP contribution in [-0.4, -0.2) is 37.6 Å². The summed E-state index contributed by atoms with van der Waals surface area (Å²) < 4.78 is 0. The van der Waals surface area contributed by atoms with Gasteiger partial charge in [0.05, 0.1) is 0 Å². The van der Waals surface area contributed by atoms with E-state index in [1.54, 1.807) is 0 Å². The van der Waals surface area contributed by atoms with Crippen LogP contribution < -0.4 is 5.32 Å². The summed E-state index contributed by atoms with van der Waals surface area (Å²) in [5.41, 5.74) is 0. The zero-order chi connectivity index (χ0) is 10.6. The molecule has 0 saturated heterocycles. The van der Waals surface area contributed by atoms with Crippen molar-refractivity contribution in [3.63, 3.8) is 0 Å². The number of hydrogen-bond donors (Lipinski definition) is 1. The van der Waals surface area contributed by atoms with Gasteiger partial charge in [-0.25, -0.2) is 0 Å². The van der Waals surface area contributed by atoms with Crippen molar-refractivity contribution in [2.45, 2.75) is 39.7 Å². The van der Waals surface area contributed by atoms with Gasteiger partial charge < -0.3 is 10.2 Å². The lowest BCUT2D eigenvalue weighted by Gasteiger charge is -2.29. The second-order valence-electron chi connectivity index (χ2n) is 5.15. The molecule has 0 aromatic carbocycles. The van der Waals surface area contributed by atoms with Crippen molar-refractivity contribution in [2.24, 2.45) is 11.8 Å². The standard InChI is InChI=1S/C12H26N2/c1-10(2)14(9-12-5-6-12)8-11(3)7-13-4/h10-13H,5-9H2,1-4H3. The molecule has 84 valence electrons. The van der Waals surface area contributed by atoms with Gasteiger partial charge in [0.1, 0.15) is 0 Å². The predicted octanol–water partition coefficient (Wildman–Crippen LogP) is 1.96. The summed E-state index contributed by atoms with van der Waals surface area (Å²) in [6, 6.07) is 0.704. The summed E-state index contributed by atoms with van der Waals surface area (Å²) in [6.07, 6.45) is 2.92. The molecule has 2 heteroatoms. The van der Waals surface area contributed by atoms with Crippen LogP contribution in [0.15, 0.2) is 0 Å². The molecule has 1 rings (SSSR count). The normalized spacial score (nSPS) is 19.3. The summed E-state index contributed by atoms with van der Waals surface area (Å²) in [7, 11) is 2.04. The van der Waals surface area contributed by atoms with Crippen LogP contribution in [0.25, 0.3) is 0 Å². The second kappa shape index (κ2) is 5.72. The van der Waals surface area contributed by atoms with Crippen LogP contribution in [0, 0.1) is 11.8 Å². The molecule has 0 aliphatic heterocycles. The summed E-state index contributed by atoms with van der Waals surface area (Å²) in [5, 5.41) is 3.25. The SMILES string of the molecule is CNCC(C)CN(CC1CC1)C(C)C. The zero-order valence-corrected chi connectivity index (χ0v) is 10.2. The van der Waals surface area contributed by atoms with E-state index in [1.807, 2.05) is 7.05 Å². The Labute approximate surface area is 89.1 Å². The van der Waals surface area contributed by atoms with Gasteiger partial charge in [-0.3, -0.25) is 0 Å². The van der Waals surface area contributed by atoms with E-state index in [-0.39, 0.29) is 0 Å². The lowest BCUT2D eigenvalue weighted by molar-refractivity contribution is 0.184. The van der Waals surface area contributed by atoms with Crippen LogP contribution >= 0.6 is 0 Å². The van der Waals surface area contributed by atoms with E-state index in [0.717, 1.165) is 18.4 Å². The average Bonchev–Trinajstić information content (AvgIpc) is 2.87. The Kier molecular flexibility index (Phi) is 4.90. The van der Waals surface area contributed by atoms with Crippen molar-refractivity contribution < 1.29 is 0 Å². The Morgan fingerprint density at radius 1 is 1.29 bits per heavy atom. The van der Waals surface area contributed by atoms with Crippen molar-refractivity contribution in [1.29, 1.82) is 0 Å². The molecular formula is C12H26N2. The summed E-state index contributed by atoms with van der Waals surface area (Å²) in [4.78, 5) is 2.64. The van der Waals surface area contributed by atoms with Crippen LogP contribution in [0.4, 0.5) is 0 Å². The highest BCUT2D eigenvalue weighted by atomic mass is 15.2. The lowest BCUT2D eigenvalue weighted by atomic mass is 10.1. The first-order chi connectivity index (χ1) is 6.63. The van der Waals surface area contributed by atoms with E-state index in [4.69, 9.17) is 0 Å². The molecule has 0 bridgehead atoms. The Balaban J connectivity index is 2.25. The minimum Gasteiger partial charge on any atom is -0.319 e. The molecule has 0 radical (unpaired) electrons. The molecule has 0 aromatic heterocycles. The fraction of sp³-hybridized carbons (Fsp3) is 1.00. The average molecular weight is 198 g/mol. The molecule has 0 aromatic rings. The van der Waals surface area contributed by atoms with E-state index < -0.39 is 0 Å². The molecule has 0 heterocycles. The largest absolute Gasteiger partial charge is 0.319 e. The summed E-state index contributed by atoms with van der Waals surface area (Å²) in [6.45, 7) is 10.7. The molecule has 0 amide bonds. The number of nitrogens with one attached hydrogen (secondary N) is 1. The highest BCUT2D eigenvalue weighted by molar-refractivity contribution is 4.79. The fourth-order valence-electron chi connectivity index (χ4n) is 1.94. The Bertz CT molecular complexity index is 152. The summed E-state index contributed by atoms with van der Waals surface area (Å²) >= 11 is 0. The maximum atomic E-state index is 3.25. The van der Waals surface area contributed by atoms with E-state index >= 15 is 0 Å². The van der Waals surface area contributed by atoms with Crippen molar-refractivity contribution in [3.05, 3.63) is 0 Å². The van der Waals surface area contributed by atoms with Gasteiger partial charge in [0.25, 0.3) is 0 Å². The van der Waals surface area contributed by atoms with Gasteiger partial charge in [-0.2, -0.15) is 0 Å². The van der Waals surface area contributed by atoms with Crippen LogP contribution in [0.2, 0.25) is 0 Å². The smallest absolute Gasteiger partial charge is 0.00388 e. The van der Waals surface area contributed by atoms with Crippen molar-refractivity contribution >= 4 is 0 Å². The third kappa shape index (κ3) is 4.43. The molecule has 1 unspecified atom stereocenters. The number of hydrogen-bond acceptors (Lipinski definition) is 2. The molecule has 1 N–H and O–H groups in total. The highest BCUT2D eigenvalue weighted by Crippen LogP contribution is 2.30. The minimum absolute atomic E-state index is 0.704. The lowest BCUT2D eigenvalue weighted by Crippen LogP contribution is -2.38. The Hall–Kier alpha value is -0.0800. The van der Waals surface area contributed by atoms with Crippen LogP contribution in [0.5, 0.6) is 0 Å². The number of rotatable bonds is 7. The Morgan fingerprint density at radius 3 is 2.36 bits per heavy atom. The van der Waals surface area contributed by atoms with E-state index in [9.17, 15) is 0 Å². The fourth-order valence-corrected chi connectivity index (χ4v) is 1.94. The molecular weight excluding hydrogens is 172 g/mol. The topological polar surface area (TPSA) is 15.3 Å². The van der Waals surface area contributed by atoms with E-state index in [2.05, 4.69) is 31.0 Å². The molecule has 2 nitrogen and oxygen atoms in total. The number of nitrogens with zero attached hydrogens (tertiary/aromatic N) is 1. The first-order valence-electron chi connectivity index (χ1n) is 6.02. The quantitative estimate of drug-likeness (QED) is 0.673. The molecule has 1 fully saturated rings. The van der Waals surface area contributed by atoms with Gasteiger partial charge in [-0.05, 0) is 52.1 Å². The molecule has 1 saturated carbocycles. The first-order valence-corrected chi connectivity index (χ1v) is 6.02. The van der Waals surface area contributed by atoms with Crippen LogP contribution in [0.1, 0.15) is 33.6 Å². The molecule has 1 atom stereocenters. The molecule has 14 heavy (non-hydrogen) atoms. The maximum absolute atomic E-state index is 3.25. The van der Waals surface area contributed by atoms with Gasteiger partial charge in [-0.15, -0.1) is 0 Å². The third-order valence-electron chi connectivity index (χ3n) is 3.02.